The number of anilines is 1. The Morgan fingerprint density at radius 3 is 2.79 bits per heavy atom. The van der Waals surface area contributed by atoms with Gasteiger partial charge in [0.25, 0.3) is 16.8 Å². The van der Waals surface area contributed by atoms with Gasteiger partial charge in [-0.25, -0.2) is 0 Å². The Balaban J connectivity index is 1.53. The topological polar surface area (TPSA) is 120 Å². The van der Waals surface area contributed by atoms with Crippen LogP contribution in [0.1, 0.15) is 17.0 Å². The summed E-state index contributed by atoms with van der Waals surface area (Å²) in [6.07, 6.45) is 0. The van der Waals surface area contributed by atoms with E-state index in [1.54, 1.807) is 19.1 Å². The van der Waals surface area contributed by atoms with Crippen molar-refractivity contribution in [1.82, 2.24) is 10.2 Å². The molecule has 3 aromatic rings. The number of nitrogens with one attached hydrogen (secondary N) is 1. The first-order chi connectivity index (χ1) is 13.9. The van der Waals surface area contributed by atoms with E-state index in [4.69, 9.17) is 9.15 Å². The number of hydrogen-bond donors (Lipinski definition) is 1. The molecule has 1 N–H and O–H groups in total. The fourth-order valence-electron chi connectivity index (χ4n) is 2.47. The van der Waals surface area contributed by atoms with Crippen LogP contribution in [-0.4, -0.2) is 26.8 Å². The summed E-state index contributed by atoms with van der Waals surface area (Å²) in [6.45, 7) is 3.76. The molecule has 0 bridgehead atoms. The molecule has 0 aliphatic carbocycles. The SMILES string of the molecule is Cc1cccc(OCc2nnc(SCC(=O)Nc3c(C)cccc3[N+](=O)[O-])o2)c1. The Morgan fingerprint density at radius 2 is 2.03 bits per heavy atom. The second-order valence-corrected chi connectivity index (χ2v) is 7.06. The van der Waals surface area contributed by atoms with E-state index in [1.807, 2.05) is 31.2 Å². The van der Waals surface area contributed by atoms with Gasteiger partial charge in [0.1, 0.15) is 11.4 Å². The van der Waals surface area contributed by atoms with Crippen LogP contribution in [0.15, 0.2) is 52.1 Å². The molecule has 2 aromatic carbocycles. The third-order valence-electron chi connectivity index (χ3n) is 3.84. The van der Waals surface area contributed by atoms with E-state index in [9.17, 15) is 14.9 Å². The zero-order chi connectivity index (χ0) is 20.8. The lowest BCUT2D eigenvalue weighted by molar-refractivity contribution is -0.384. The van der Waals surface area contributed by atoms with Crippen LogP contribution in [-0.2, 0) is 11.4 Å². The van der Waals surface area contributed by atoms with Gasteiger partial charge in [-0.15, -0.1) is 10.2 Å². The van der Waals surface area contributed by atoms with Crippen LogP contribution in [0.25, 0.3) is 0 Å². The molecule has 0 unspecified atom stereocenters. The number of carbonyl (C=O) groups excluding carboxylic acids is 1. The zero-order valence-corrected chi connectivity index (χ0v) is 16.6. The maximum absolute atomic E-state index is 12.2. The molecule has 0 spiro atoms. The number of thioether (sulfide) groups is 1. The Labute approximate surface area is 170 Å². The van der Waals surface area contributed by atoms with Crippen molar-refractivity contribution in [2.45, 2.75) is 25.7 Å². The Kier molecular flexibility index (Phi) is 6.45. The number of nitro benzene ring substituents is 1. The van der Waals surface area contributed by atoms with Crippen molar-refractivity contribution in [2.75, 3.05) is 11.1 Å². The van der Waals surface area contributed by atoms with Crippen LogP contribution in [0.5, 0.6) is 5.75 Å². The molecule has 29 heavy (non-hydrogen) atoms. The number of aromatic nitrogens is 2. The summed E-state index contributed by atoms with van der Waals surface area (Å²) in [5.41, 5.74) is 1.70. The lowest BCUT2D eigenvalue weighted by Gasteiger charge is -2.08. The smallest absolute Gasteiger partial charge is 0.293 e. The highest BCUT2D eigenvalue weighted by molar-refractivity contribution is 7.99. The van der Waals surface area contributed by atoms with Gasteiger partial charge in [-0.2, -0.15) is 0 Å². The summed E-state index contributed by atoms with van der Waals surface area (Å²) < 4.78 is 11.0. The Hall–Kier alpha value is -3.40. The summed E-state index contributed by atoms with van der Waals surface area (Å²) in [6, 6.07) is 12.2. The number of rotatable bonds is 8. The normalized spacial score (nSPS) is 10.6. The summed E-state index contributed by atoms with van der Waals surface area (Å²) >= 11 is 1.04. The number of benzene rings is 2. The number of nitrogens with zero attached hydrogens (tertiary/aromatic N) is 3. The van der Waals surface area contributed by atoms with Gasteiger partial charge in [0.15, 0.2) is 6.61 Å². The highest BCUT2D eigenvalue weighted by Crippen LogP contribution is 2.28. The molecule has 0 fully saturated rings. The van der Waals surface area contributed by atoms with Gasteiger partial charge >= 0.3 is 0 Å². The number of amides is 1. The first kappa shape index (κ1) is 20.3. The number of hydrogen-bond acceptors (Lipinski definition) is 8. The van der Waals surface area contributed by atoms with E-state index < -0.39 is 10.8 Å². The highest BCUT2D eigenvalue weighted by atomic mass is 32.2. The fourth-order valence-corrected chi connectivity index (χ4v) is 3.06. The monoisotopic (exact) mass is 414 g/mol. The minimum Gasteiger partial charge on any atom is -0.484 e. The van der Waals surface area contributed by atoms with Gasteiger partial charge in [-0.3, -0.25) is 14.9 Å². The van der Waals surface area contributed by atoms with Crippen molar-refractivity contribution < 1.29 is 18.9 Å². The van der Waals surface area contributed by atoms with Crippen LogP contribution >= 0.6 is 11.8 Å². The molecule has 9 nitrogen and oxygen atoms in total. The van der Waals surface area contributed by atoms with Crippen LogP contribution in [0.4, 0.5) is 11.4 Å². The first-order valence-electron chi connectivity index (χ1n) is 8.61. The average molecular weight is 414 g/mol. The summed E-state index contributed by atoms with van der Waals surface area (Å²) in [4.78, 5) is 22.8. The molecule has 1 heterocycles. The van der Waals surface area contributed by atoms with Gasteiger partial charge in [0.2, 0.25) is 5.91 Å². The summed E-state index contributed by atoms with van der Waals surface area (Å²) in [7, 11) is 0. The van der Waals surface area contributed by atoms with Gasteiger partial charge in [0, 0.05) is 6.07 Å². The standard InChI is InChI=1S/C19H18N4O5S/c1-12-5-3-7-14(9-12)27-10-17-21-22-19(28-17)29-11-16(24)20-18-13(2)6-4-8-15(18)23(25)26/h3-9H,10-11H2,1-2H3,(H,20,24). The van der Waals surface area contributed by atoms with E-state index in [2.05, 4.69) is 15.5 Å². The van der Waals surface area contributed by atoms with Crippen molar-refractivity contribution in [3.8, 4) is 5.75 Å². The van der Waals surface area contributed by atoms with Crippen molar-refractivity contribution in [1.29, 1.82) is 0 Å². The van der Waals surface area contributed by atoms with Gasteiger partial charge < -0.3 is 14.5 Å². The number of ether oxygens (including phenoxy) is 1. The van der Waals surface area contributed by atoms with Crippen LogP contribution < -0.4 is 10.1 Å². The van der Waals surface area contributed by atoms with Crippen LogP contribution in [0.2, 0.25) is 0 Å². The predicted octanol–water partition coefficient (Wildman–Crippen LogP) is 3.90. The number of para-hydroxylation sites is 1. The Morgan fingerprint density at radius 1 is 1.24 bits per heavy atom. The second kappa shape index (κ2) is 9.20. The maximum atomic E-state index is 12.2. The molecule has 0 saturated carbocycles. The van der Waals surface area contributed by atoms with Crippen molar-refractivity contribution >= 4 is 29.0 Å². The molecule has 1 aromatic heterocycles. The Bertz CT molecular complexity index is 1040. The fraction of sp³-hybridized carbons (Fsp3) is 0.211. The number of nitro groups is 1. The molecular weight excluding hydrogens is 396 g/mol. The van der Waals surface area contributed by atoms with E-state index in [0.717, 1.165) is 17.3 Å². The molecule has 150 valence electrons. The van der Waals surface area contributed by atoms with Crippen LogP contribution in [0, 0.1) is 24.0 Å². The molecule has 3 rings (SSSR count). The zero-order valence-electron chi connectivity index (χ0n) is 15.7. The highest BCUT2D eigenvalue weighted by Gasteiger charge is 2.18. The summed E-state index contributed by atoms with van der Waals surface area (Å²) in [5.74, 6) is 0.523. The van der Waals surface area contributed by atoms with Gasteiger partial charge in [0.05, 0.1) is 10.7 Å². The quantitative estimate of drug-likeness (QED) is 0.335. The lowest BCUT2D eigenvalue weighted by atomic mass is 10.1. The molecule has 0 saturated heterocycles. The average Bonchev–Trinajstić information content (AvgIpc) is 3.14. The number of aryl methyl sites for hydroxylation is 2. The van der Waals surface area contributed by atoms with E-state index in [0.29, 0.717) is 11.3 Å². The predicted molar refractivity (Wildman–Crippen MR) is 107 cm³/mol. The molecule has 10 heteroatoms. The van der Waals surface area contributed by atoms with Crippen LogP contribution in [0.3, 0.4) is 0 Å². The molecule has 1 amide bonds. The van der Waals surface area contributed by atoms with Gasteiger partial charge in [-0.1, -0.05) is 36.0 Å². The van der Waals surface area contributed by atoms with Crippen molar-refractivity contribution in [2.24, 2.45) is 0 Å². The lowest BCUT2D eigenvalue weighted by Crippen LogP contribution is -2.16. The molecule has 0 aliphatic rings. The second-order valence-electron chi connectivity index (χ2n) is 6.13. The third kappa shape index (κ3) is 5.55. The van der Waals surface area contributed by atoms with Crippen molar-refractivity contribution in [3.63, 3.8) is 0 Å². The maximum Gasteiger partial charge on any atom is 0.293 e. The first-order valence-corrected chi connectivity index (χ1v) is 9.59. The largest absolute Gasteiger partial charge is 0.484 e. The minimum atomic E-state index is -0.533. The minimum absolute atomic E-state index is 0.0359. The summed E-state index contributed by atoms with van der Waals surface area (Å²) in [5, 5.41) is 21.7. The van der Waals surface area contributed by atoms with Crippen molar-refractivity contribution in [3.05, 3.63) is 69.6 Å². The van der Waals surface area contributed by atoms with Gasteiger partial charge in [-0.05, 0) is 37.1 Å². The molecule has 0 aliphatic heterocycles. The van der Waals surface area contributed by atoms with E-state index in [-0.39, 0.29) is 34.8 Å². The molecule has 0 radical (unpaired) electrons. The number of carbonyl (C=O) groups is 1. The third-order valence-corrected chi connectivity index (χ3v) is 4.66. The van der Waals surface area contributed by atoms with E-state index >= 15 is 0 Å². The van der Waals surface area contributed by atoms with E-state index in [1.165, 1.54) is 6.07 Å². The molecule has 0 atom stereocenters. The molecular formula is C19H18N4O5S.